The van der Waals surface area contributed by atoms with Gasteiger partial charge in [0.1, 0.15) is 6.61 Å². The predicted octanol–water partition coefficient (Wildman–Crippen LogP) is 5.28. The fraction of sp³-hybridized carbons (Fsp3) is 0.130. The van der Waals surface area contributed by atoms with E-state index >= 15 is 0 Å². The highest BCUT2D eigenvalue weighted by Crippen LogP contribution is 2.37. The number of aryl methyl sites for hydroxylation is 1. The zero-order chi connectivity index (χ0) is 23.4. The van der Waals surface area contributed by atoms with Gasteiger partial charge in [0.25, 0.3) is 5.69 Å². The maximum absolute atomic E-state index is 10.8. The number of nitrogens with zero attached hydrogens (tertiary/aromatic N) is 4. The number of hydrazone groups is 1. The van der Waals surface area contributed by atoms with Gasteiger partial charge in [-0.05, 0) is 63.5 Å². The summed E-state index contributed by atoms with van der Waals surface area (Å²) in [5.74, 6) is 1.67. The first kappa shape index (κ1) is 22.3. The van der Waals surface area contributed by atoms with Crippen molar-refractivity contribution in [1.29, 1.82) is 0 Å². The summed E-state index contributed by atoms with van der Waals surface area (Å²) >= 11 is 3.52. The number of nitro groups is 1. The molecule has 4 aromatic rings. The van der Waals surface area contributed by atoms with E-state index in [1.807, 2.05) is 41.9 Å². The molecule has 0 aliphatic rings. The molecule has 0 saturated heterocycles. The summed E-state index contributed by atoms with van der Waals surface area (Å²) in [5.41, 5.74) is 6.48. The van der Waals surface area contributed by atoms with Crippen molar-refractivity contribution in [2.45, 2.75) is 6.61 Å². The molecule has 3 aromatic carbocycles. The van der Waals surface area contributed by atoms with Gasteiger partial charge in [-0.15, -0.1) is 0 Å². The number of fused-ring (bicyclic) bond motifs is 1. The molecule has 0 radical (unpaired) electrons. The first-order valence-corrected chi connectivity index (χ1v) is 10.7. The second-order valence-electron chi connectivity index (χ2n) is 7.10. The molecule has 0 unspecified atom stereocenters. The summed E-state index contributed by atoms with van der Waals surface area (Å²) in [7, 11) is 3.48. The highest BCUT2D eigenvalue weighted by Gasteiger charge is 2.12. The average Bonchev–Trinajstić information content (AvgIpc) is 3.14. The van der Waals surface area contributed by atoms with Crippen molar-refractivity contribution in [3.8, 4) is 11.5 Å². The number of ether oxygens (including phenoxy) is 2. The third-order valence-corrected chi connectivity index (χ3v) is 5.54. The van der Waals surface area contributed by atoms with Crippen LogP contribution in [0.1, 0.15) is 11.1 Å². The summed E-state index contributed by atoms with van der Waals surface area (Å²) in [6.07, 6.45) is 1.66. The summed E-state index contributed by atoms with van der Waals surface area (Å²) in [6, 6.07) is 17.7. The second-order valence-corrected chi connectivity index (χ2v) is 7.95. The van der Waals surface area contributed by atoms with Gasteiger partial charge in [-0.1, -0.05) is 12.1 Å². The number of hydrogen-bond donors (Lipinski definition) is 1. The number of nitrogens with one attached hydrogen (secondary N) is 1. The molecule has 1 heterocycles. The molecule has 0 atom stereocenters. The van der Waals surface area contributed by atoms with E-state index in [-0.39, 0.29) is 12.3 Å². The molecule has 0 spiro atoms. The lowest BCUT2D eigenvalue weighted by molar-refractivity contribution is -0.384. The monoisotopic (exact) mass is 509 g/mol. The third kappa shape index (κ3) is 4.96. The predicted molar refractivity (Wildman–Crippen MR) is 130 cm³/mol. The Morgan fingerprint density at radius 3 is 2.67 bits per heavy atom. The van der Waals surface area contributed by atoms with Crippen molar-refractivity contribution >= 4 is 44.8 Å². The van der Waals surface area contributed by atoms with Crippen molar-refractivity contribution in [3.05, 3.63) is 86.4 Å². The van der Waals surface area contributed by atoms with E-state index in [0.717, 1.165) is 22.2 Å². The minimum atomic E-state index is -0.435. The van der Waals surface area contributed by atoms with E-state index in [9.17, 15) is 10.1 Å². The quantitative estimate of drug-likeness (QED) is 0.197. The summed E-state index contributed by atoms with van der Waals surface area (Å²) < 4.78 is 14.0. The van der Waals surface area contributed by atoms with Gasteiger partial charge < -0.3 is 14.0 Å². The lowest BCUT2D eigenvalue weighted by Crippen LogP contribution is -2.01. The number of rotatable bonds is 8. The van der Waals surface area contributed by atoms with E-state index in [4.69, 9.17) is 9.47 Å². The number of anilines is 1. The van der Waals surface area contributed by atoms with Gasteiger partial charge in [-0.3, -0.25) is 10.1 Å². The highest BCUT2D eigenvalue weighted by molar-refractivity contribution is 9.10. The van der Waals surface area contributed by atoms with Crippen molar-refractivity contribution in [2.75, 3.05) is 12.5 Å². The van der Waals surface area contributed by atoms with Gasteiger partial charge in [-0.25, -0.2) is 10.4 Å². The van der Waals surface area contributed by atoms with E-state index in [2.05, 4.69) is 31.4 Å². The SMILES string of the molecule is COc1cc(/C=N\Nc2nc3ccccc3n2C)cc(Br)c1OCc1ccc([N+](=O)[O-])cc1. The lowest BCUT2D eigenvalue weighted by Gasteiger charge is -2.13. The van der Waals surface area contributed by atoms with Crippen molar-refractivity contribution in [1.82, 2.24) is 9.55 Å². The molecule has 33 heavy (non-hydrogen) atoms. The summed E-state index contributed by atoms with van der Waals surface area (Å²) in [5, 5.41) is 15.1. The lowest BCUT2D eigenvalue weighted by atomic mass is 10.2. The smallest absolute Gasteiger partial charge is 0.269 e. The number of non-ortho nitro benzene ring substituents is 1. The molecular formula is C23H20BrN5O4. The Kier molecular flexibility index (Phi) is 6.55. The zero-order valence-electron chi connectivity index (χ0n) is 17.9. The number of halogens is 1. The molecule has 0 aliphatic heterocycles. The fourth-order valence-electron chi connectivity index (χ4n) is 3.23. The second kappa shape index (κ2) is 9.70. The molecule has 0 amide bonds. The van der Waals surface area contributed by atoms with Crippen LogP contribution in [0.2, 0.25) is 0 Å². The standard InChI is InChI=1S/C23H20BrN5O4/c1-28-20-6-4-3-5-19(20)26-23(28)27-25-13-16-11-18(24)22(21(12-16)32-2)33-14-15-7-9-17(10-8-15)29(30)31/h3-13H,14H2,1-2H3,(H,26,27)/b25-13-. The first-order chi connectivity index (χ1) is 16.0. The molecule has 10 heteroatoms. The van der Waals surface area contributed by atoms with Crippen LogP contribution in [-0.2, 0) is 13.7 Å². The highest BCUT2D eigenvalue weighted by atomic mass is 79.9. The van der Waals surface area contributed by atoms with Gasteiger partial charge in [0.2, 0.25) is 5.95 Å². The van der Waals surface area contributed by atoms with E-state index in [1.165, 1.54) is 12.1 Å². The molecule has 0 saturated carbocycles. The van der Waals surface area contributed by atoms with Crippen molar-refractivity contribution < 1.29 is 14.4 Å². The molecule has 1 N–H and O–H groups in total. The van der Waals surface area contributed by atoms with E-state index < -0.39 is 4.92 Å². The van der Waals surface area contributed by atoms with Gasteiger partial charge in [0.15, 0.2) is 11.5 Å². The number of hydrogen-bond acceptors (Lipinski definition) is 7. The average molecular weight is 510 g/mol. The number of para-hydroxylation sites is 2. The van der Waals surface area contributed by atoms with Gasteiger partial charge in [0.05, 0.1) is 33.8 Å². The normalized spacial score (nSPS) is 11.1. The summed E-state index contributed by atoms with van der Waals surface area (Å²) in [6.45, 7) is 0.231. The molecule has 0 fully saturated rings. The maximum Gasteiger partial charge on any atom is 0.269 e. The fourth-order valence-corrected chi connectivity index (χ4v) is 3.81. The van der Waals surface area contributed by atoms with Crippen LogP contribution in [0.25, 0.3) is 11.0 Å². The number of aromatic nitrogens is 2. The first-order valence-electron chi connectivity index (χ1n) is 9.90. The Morgan fingerprint density at radius 2 is 1.97 bits per heavy atom. The maximum atomic E-state index is 10.8. The van der Waals surface area contributed by atoms with Crippen LogP contribution in [0.5, 0.6) is 11.5 Å². The van der Waals surface area contributed by atoms with Crippen LogP contribution in [0.4, 0.5) is 11.6 Å². The molecule has 0 aliphatic carbocycles. The van der Waals surface area contributed by atoms with E-state index in [1.54, 1.807) is 31.5 Å². The third-order valence-electron chi connectivity index (χ3n) is 4.95. The van der Waals surface area contributed by atoms with Crippen LogP contribution in [0.15, 0.2) is 70.2 Å². The number of benzene rings is 3. The van der Waals surface area contributed by atoms with Crippen molar-refractivity contribution in [3.63, 3.8) is 0 Å². The zero-order valence-corrected chi connectivity index (χ0v) is 19.4. The van der Waals surface area contributed by atoms with E-state index in [0.29, 0.717) is 21.9 Å². The Balaban J connectivity index is 1.47. The number of methoxy groups -OCH3 is 1. The molecule has 4 rings (SSSR count). The van der Waals surface area contributed by atoms with Crippen LogP contribution in [0, 0.1) is 10.1 Å². The Hall–Kier alpha value is -3.92. The Morgan fingerprint density at radius 1 is 1.21 bits per heavy atom. The van der Waals surface area contributed by atoms with Gasteiger partial charge in [-0.2, -0.15) is 5.10 Å². The van der Waals surface area contributed by atoms with Gasteiger partial charge >= 0.3 is 0 Å². The topological polar surface area (TPSA) is 104 Å². The molecule has 168 valence electrons. The van der Waals surface area contributed by atoms with Crippen LogP contribution in [0.3, 0.4) is 0 Å². The largest absolute Gasteiger partial charge is 0.493 e. The minimum absolute atomic E-state index is 0.0356. The van der Waals surface area contributed by atoms with Crippen LogP contribution in [-0.4, -0.2) is 27.8 Å². The molecule has 9 nitrogen and oxygen atoms in total. The number of nitro benzene ring substituents is 1. The summed E-state index contributed by atoms with van der Waals surface area (Å²) in [4.78, 5) is 14.9. The van der Waals surface area contributed by atoms with Crippen LogP contribution >= 0.6 is 15.9 Å². The van der Waals surface area contributed by atoms with Crippen molar-refractivity contribution in [2.24, 2.45) is 12.1 Å². The molecular weight excluding hydrogens is 490 g/mol. The molecule has 1 aromatic heterocycles. The van der Waals surface area contributed by atoms with Gasteiger partial charge in [0, 0.05) is 19.2 Å². The molecule has 0 bridgehead atoms. The van der Waals surface area contributed by atoms with Crippen LogP contribution < -0.4 is 14.9 Å². The Labute approximate surface area is 197 Å². The minimum Gasteiger partial charge on any atom is -0.493 e. The number of imidazole rings is 1. The Bertz CT molecular complexity index is 1330.